The predicted octanol–water partition coefficient (Wildman–Crippen LogP) is 1.75. The number of nitro groups is 2. The number of carboxylic acids is 1. The number of amides is 1. The molecule has 0 bridgehead atoms. The first kappa shape index (κ1) is 17.3. The minimum absolute atomic E-state index is 0.0518. The van der Waals surface area contributed by atoms with E-state index in [0.29, 0.717) is 0 Å². The fourth-order valence-electron chi connectivity index (χ4n) is 2.70. The molecule has 0 spiro atoms. The lowest BCUT2D eigenvalue weighted by molar-refractivity contribution is -0.394. The van der Waals surface area contributed by atoms with E-state index in [1.807, 2.05) is 0 Å². The number of likely N-dealkylation sites (tertiary alicyclic amines) is 1. The van der Waals surface area contributed by atoms with E-state index >= 15 is 0 Å². The molecule has 0 aliphatic carbocycles. The van der Waals surface area contributed by atoms with Crippen LogP contribution in [0.2, 0.25) is 0 Å². The summed E-state index contributed by atoms with van der Waals surface area (Å²) in [7, 11) is 0. The van der Waals surface area contributed by atoms with E-state index in [1.54, 1.807) is 0 Å². The largest absolute Gasteiger partial charge is 0.481 e. The molecule has 10 nitrogen and oxygen atoms in total. The minimum atomic E-state index is -0.927. The lowest BCUT2D eigenvalue weighted by atomic mass is 9.96. The van der Waals surface area contributed by atoms with Gasteiger partial charge in [-0.25, -0.2) is 0 Å². The van der Waals surface area contributed by atoms with Crippen LogP contribution >= 0.6 is 0 Å². The van der Waals surface area contributed by atoms with E-state index in [9.17, 15) is 29.8 Å². The molecule has 1 heterocycles. The van der Waals surface area contributed by atoms with Crippen LogP contribution in [0, 0.1) is 33.1 Å². The molecule has 1 aliphatic heterocycles. The number of carboxylic acid groups (broad SMARTS) is 1. The zero-order valence-corrected chi connectivity index (χ0v) is 12.8. The fourth-order valence-corrected chi connectivity index (χ4v) is 2.70. The van der Waals surface area contributed by atoms with Crippen molar-refractivity contribution < 1.29 is 24.5 Å². The van der Waals surface area contributed by atoms with Gasteiger partial charge in [-0.3, -0.25) is 29.8 Å². The number of aliphatic carboxylic acids is 1. The minimum Gasteiger partial charge on any atom is -0.481 e. The topological polar surface area (TPSA) is 144 Å². The smallest absolute Gasteiger partial charge is 0.306 e. The Morgan fingerprint density at radius 3 is 2.21 bits per heavy atom. The maximum atomic E-state index is 12.6. The zero-order chi connectivity index (χ0) is 18.0. The second-order valence-corrected chi connectivity index (χ2v) is 5.56. The summed E-state index contributed by atoms with van der Waals surface area (Å²) >= 11 is 0. The van der Waals surface area contributed by atoms with Crippen molar-refractivity contribution in [2.75, 3.05) is 13.1 Å². The van der Waals surface area contributed by atoms with Crippen LogP contribution in [0.3, 0.4) is 0 Å². The van der Waals surface area contributed by atoms with E-state index in [4.69, 9.17) is 5.11 Å². The molecule has 24 heavy (non-hydrogen) atoms. The monoisotopic (exact) mass is 337 g/mol. The summed E-state index contributed by atoms with van der Waals surface area (Å²) in [5.41, 5.74) is -1.08. The number of nitro benzene ring substituents is 2. The molecule has 0 radical (unpaired) electrons. The molecule has 1 saturated heterocycles. The molecule has 1 amide bonds. The van der Waals surface area contributed by atoms with Crippen molar-refractivity contribution in [2.45, 2.75) is 19.8 Å². The van der Waals surface area contributed by atoms with E-state index in [2.05, 4.69) is 0 Å². The Morgan fingerprint density at radius 1 is 1.17 bits per heavy atom. The molecule has 1 N–H and O–H groups in total. The van der Waals surface area contributed by atoms with Crippen molar-refractivity contribution in [3.63, 3.8) is 0 Å². The van der Waals surface area contributed by atoms with Crippen molar-refractivity contribution in [1.29, 1.82) is 0 Å². The van der Waals surface area contributed by atoms with Crippen LogP contribution in [-0.2, 0) is 4.79 Å². The first-order chi connectivity index (χ1) is 11.2. The lowest BCUT2D eigenvalue weighted by Gasteiger charge is -2.30. The highest BCUT2D eigenvalue weighted by Crippen LogP contribution is 2.29. The highest BCUT2D eigenvalue weighted by atomic mass is 16.6. The van der Waals surface area contributed by atoms with E-state index in [1.165, 1.54) is 11.8 Å². The summed E-state index contributed by atoms with van der Waals surface area (Å²) in [5.74, 6) is -2.03. The average molecular weight is 337 g/mol. The summed E-state index contributed by atoms with van der Waals surface area (Å²) in [6.07, 6.45) is 0.550. The van der Waals surface area contributed by atoms with Gasteiger partial charge in [0.15, 0.2) is 0 Å². The second kappa shape index (κ2) is 6.60. The van der Waals surface area contributed by atoms with Gasteiger partial charge in [0, 0.05) is 24.7 Å². The van der Waals surface area contributed by atoms with Gasteiger partial charge in [-0.15, -0.1) is 0 Å². The number of carbonyl (C=O) groups excluding carboxylic acids is 1. The number of rotatable bonds is 4. The Balaban J connectivity index is 2.34. The number of benzene rings is 1. The molecule has 1 aromatic carbocycles. The van der Waals surface area contributed by atoms with Gasteiger partial charge in [0.1, 0.15) is 0 Å². The third-order valence-electron chi connectivity index (χ3n) is 4.13. The lowest BCUT2D eigenvalue weighted by Crippen LogP contribution is -2.40. The SMILES string of the molecule is Cc1c(C(=O)N2CCC(C(=O)O)CC2)cc([N+](=O)[O-])cc1[N+](=O)[O-]. The van der Waals surface area contributed by atoms with Gasteiger partial charge in [0.05, 0.1) is 27.4 Å². The molecule has 1 fully saturated rings. The fraction of sp³-hybridized carbons (Fsp3) is 0.429. The number of non-ortho nitro benzene ring substituents is 1. The van der Waals surface area contributed by atoms with Gasteiger partial charge < -0.3 is 10.0 Å². The molecule has 1 aromatic rings. The normalized spacial score (nSPS) is 15.1. The number of carbonyl (C=O) groups is 2. The van der Waals surface area contributed by atoms with Gasteiger partial charge in [-0.2, -0.15) is 0 Å². The first-order valence-corrected chi connectivity index (χ1v) is 7.18. The van der Waals surface area contributed by atoms with E-state index in [-0.39, 0.29) is 37.1 Å². The molecule has 0 unspecified atom stereocenters. The van der Waals surface area contributed by atoms with Crippen LogP contribution < -0.4 is 0 Å². The van der Waals surface area contributed by atoms with E-state index < -0.39 is 39.0 Å². The number of nitrogens with zero attached hydrogens (tertiary/aromatic N) is 3. The third kappa shape index (κ3) is 3.31. The van der Waals surface area contributed by atoms with Crippen LogP contribution in [0.4, 0.5) is 11.4 Å². The van der Waals surface area contributed by atoms with Crippen LogP contribution in [0.5, 0.6) is 0 Å². The van der Waals surface area contributed by atoms with Crippen LogP contribution in [0.15, 0.2) is 12.1 Å². The molecular formula is C14H15N3O7. The molecule has 0 saturated carbocycles. The molecule has 0 aromatic heterocycles. The van der Waals surface area contributed by atoms with Gasteiger partial charge in [0.2, 0.25) is 0 Å². The van der Waals surface area contributed by atoms with Crippen molar-refractivity contribution in [2.24, 2.45) is 5.92 Å². The predicted molar refractivity (Wildman–Crippen MR) is 80.8 cm³/mol. The Bertz CT molecular complexity index is 723. The van der Waals surface area contributed by atoms with Gasteiger partial charge in [-0.1, -0.05) is 0 Å². The van der Waals surface area contributed by atoms with Crippen LogP contribution in [0.25, 0.3) is 0 Å². The van der Waals surface area contributed by atoms with Gasteiger partial charge in [0.25, 0.3) is 17.3 Å². The van der Waals surface area contributed by atoms with Crippen molar-refractivity contribution in [3.05, 3.63) is 43.5 Å². The molecule has 10 heteroatoms. The highest BCUT2D eigenvalue weighted by molar-refractivity contribution is 5.97. The maximum Gasteiger partial charge on any atom is 0.306 e. The van der Waals surface area contributed by atoms with E-state index in [0.717, 1.165) is 12.1 Å². The van der Waals surface area contributed by atoms with Crippen molar-refractivity contribution in [3.8, 4) is 0 Å². The molecule has 1 aliphatic rings. The Morgan fingerprint density at radius 2 is 1.75 bits per heavy atom. The Hall–Kier alpha value is -3.04. The summed E-state index contributed by atoms with van der Waals surface area (Å²) < 4.78 is 0. The second-order valence-electron chi connectivity index (χ2n) is 5.56. The zero-order valence-electron chi connectivity index (χ0n) is 12.8. The molecule has 2 rings (SSSR count). The summed E-state index contributed by atoms with van der Waals surface area (Å²) in [4.78, 5) is 45.3. The standard InChI is InChI=1S/C14H15N3O7/c1-8-11(6-10(16(21)22)7-12(8)17(23)24)13(18)15-4-2-9(3-5-15)14(19)20/h6-7,9H,2-5H2,1H3,(H,19,20). The maximum absolute atomic E-state index is 12.6. The van der Waals surface area contributed by atoms with Gasteiger partial charge >= 0.3 is 5.97 Å². The van der Waals surface area contributed by atoms with Crippen molar-refractivity contribution >= 4 is 23.3 Å². The first-order valence-electron chi connectivity index (χ1n) is 7.18. The van der Waals surface area contributed by atoms with Crippen LogP contribution in [-0.4, -0.2) is 44.8 Å². The molecular weight excluding hydrogens is 322 g/mol. The number of piperidine rings is 1. The van der Waals surface area contributed by atoms with Crippen LogP contribution in [0.1, 0.15) is 28.8 Å². The third-order valence-corrected chi connectivity index (χ3v) is 4.13. The number of hydrogen-bond donors (Lipinski definition) is 1. The van der Waals surface area contributed by atoms with Gasteiger partial charge in [-0.05, 0) is 19.8 Å². The number of hydrogen-bond acceptors (Lipinski definition) is 6. The summed E-state index contributed by atoms with van der Waals surface area (Å²) in [6, 6.07) is 1.84. The Labute approximate surface area is 136 Å². The Kier molecular flexibility index (Phi) is 4.77. The quantitative estimate of drug-likeness (QED) is 0.650. The summed E-state index contributed by atoms with van der Waals surface area (Å²) in [6.45, 7) is 1.73. The average Bonchev–Trinajstić information content (AvgIpc) is 2.54. The summed E-state index contributed by atoms with van der Waals surface area (Å²) in [5, 5.41) is 31.0. The van der Waals surface area contributed by atoms with Crippen molar-refractivity contribution in [1.82, 2.24) is 4.90 Å². The highest BCUT2D eigenvalue weighted by Gasteiger charge is 2.31. The molecule has 0 atom stereocenters. The molecule has 128 valence electrons.